The molecule has 0 saturated heterocycles. The van der Waals surface area contributed by atoms with E-state index in [0.29, 0.717) is 0 Å². The number of carbonyl (C=O) groups excluding carboxylic acids is 1. The average Bonchev–Trinajstić information content (AvgIpc) is 2.37. The summed E-state index contributed by atoms with van der Waals surface area (Å²) in [5, 5.41) is 17.4. The number of pyridine rings is 2. The molecule has 2 aromatic rings. The van der Waals surface area contributed by atoms with Crippen LogP contribution in [0, 0.1) is 0 Å². The lowest BCUT2D eigenvalue weighted by molar-refractivity contribution is 0.0931. The van der Waals surface area contributed by atoms with Gasteiger partial charge in [0.25, 0.3) is 11.1 Å². The minimum Gasteiger partial charge on any atom is -0.503 e. The summed E-state index contributed by atoms with van der Waals surface area (Å²) in [4.78, 5) is 34.2. The number of carbonyl (C=O) groups is 1. The number of aromatic hydroxyl groups is 2. The molecule has 0 fully saturated rings. The minimum absolute atomic E-state index is 0.243. The third kappa shape index (κ3) is 3.84. The van der Waals surface area contributed by atoms with Crippen LogP contribution in [0.25, 0.3) is 0 Å². The fourth-order valence-electron chi connectivity index (χ4n) is 1.14. The Bertz CT molecular complexity index is 687. The van der Waals surface area contributed by atoms with Crippen molar-refractivity contribution in [2.24, 2.45) is 0 Å². The molecule has 19 heavy (non-hydrogen) atoms. The molecule has 7 nitrogen and oxygen atoms in total. The Morgan fingerprint density at radius 1 is 1.16 bits per heavy atom. The van der Waals surface area contributed by atoms with E-state index in [4.69, 9.17) is 10.2 Å². The Kier molecular flexibility index (Phi) is 4.64. The first kappa shape index (κ1) is 14.2. The van der Waals surface area contributed by atoms with Gasteiger partial charge in [-0.3, -0.25) is 19.0 Å². The van der Waals surface area contributed by atoms with Crippen LogP contribution < -0.4 is 11.1 Å². The smallest absolute Gasteiger partial charge is 0.299 e. The maximum atomic E-state index is 10.9. The lowest BCUT2D eigenvalue weighted by Gasteiger charge is -1.97. The largest absolute Gasteiger partial charge is 0.503 e. The van der Waals surface area contributed by atoms with Crippen molar-refractivity contribution in [1.29, 1.82) is 0 Å². The fourth-order valence-corrected chi connectivity index (χ4v) is 1.14. The molecule has 0 bridgehead atoms. The molecule has 2 aromatic heterocycles. The molecule has 3 N–H and O–H groups in total. The summed E-state index contributed by atoms with van der Waals surface area (Å²) in [6.45, 7) is 1.25. The van der Waals surface area contributed by atoms with Gasteiger partial charge in [0, 0.05) is 19.3 Å². The number of nitrogens with zero attached hydrogens (tertiary/aromatic N) is 1. The first-order valence-corrected chi connectivity index (χ1v) is 5.21. The van der Waals surface area contributed by atoms with Gasteiger partial charge in [-0.1, -0.05) is 0 Å². The second-order valence-electron chi connectivity index (χ2n) is 3.47. The molecule has 0 aliphatic heterocycles. The highest BCUT2D eigenvalue weighted by molar-refractivity contribution is 5.76. The van der Waals surface area contributed by atoms with Crippen LogP contribution in [-0.2, 0) is 0 Å². The molecule has 0 atom stereocenters. The summed E-state index contributed by atoms with van der Waals surface area (Å²) in [7, 11) is 0. The second-order valence-corrected chi connectivity index (χ2v) is 3.47. The van der Waals surface area contributed by atoms with E-state index in [0.717, 1.165) is 4.57 Å². The monoisotopic (exact) mass is 264 g/mol. The van der Waals surface area contributed by atoms with Crippen LogP contribution in [0.4, 0.5) is 0 Å². The maximum absolute atomic E-state index is 10.9. The number of aromatic amines is 1. The van der Waals surface area contributed by atoms with Gasteiger partial charge in [-0.15, -0.1) is 0 Å². The van der Waals surface area contributed by atoms with E-state index < -0.39 is 22.8 Å². The molecule has 0 saturated carbocycles. The van der Waals surface area contributed by atoms with Crippen molar-refractivity contribution in [3.05, 3.63) is 57.4 Å². The Hall–Kier alpha value is -2.83. The SMILES string of the molecule is CC(=O)n1cccc(O)c1=O.O=c1[nH]cccc1O. The van der Waals surface area contributed by atoms with Crippen LogP contribution in [0.5, 0.6) is 11.5 Å². The first-order valence-electron chi connectivity index (χ1n) is 5.21. The Labute approximate surface area is 107 Å². The molecular weight excluding hydrogens is 252 g/mol. The molecule has 2 heterocycles. The molecule has 0 amide bonds. The molecule has 7 heteroatoms. The summed E-state index contributed by atoms with van der Waals surface area (Å²) in [6, 6.07) is 5.55. The maximum Gasteiger partial charge on any atom is 0.299 e. The quantitative estimate of drug-likeness (QED) is 0.633. The molecule has 0 unspecified atom stereocenters. The first-order chi connectivity index (χ1) is 8.93. The predicted molar refractivity (Wildman–Crippen MR) is 67.4 cm³/mol. The van der Waals surface area contributed by atoms with E-state index >= 15 is 0 Å². The van der Waals surface area contributed by atoms with E-state index in [9.17, 15) is 14.4 Å². The molecule has 0 aliphatic carbocycles. The topological polar surface area (TPSA) is 112 Å². The average molecular weight is 264 g/mol. The highest BCUT2D eigenvalue weighted by Crippen LogP contribution is 1.96. The van der Waals surface area contributed by atoms with Crippen molar-refractivity contribution < 1.29 is 15.0 Å². The Morgan fingerprint density at radius 2 is 1.79 bits per heavy atom. The van der Waals surface area contributed by atoms with Crippen LogP contribution in [0.3, 0.4) is 0 Å². The lowest BCUT2D eigenvalue weighted by atomic mass is 10.4. The number of hydrogen-bond acceptors (Lipinski definition) is 5. The standard InChI is InChI=1S/C7H7NO3.C5H5NO2/c1-5(9)8-4-2-3-6(10)7(8)11;7-4-2-1-3-6-5(4)8/h2-4,10H,1H3;1-3,7H,(H,6,8). The number of hydrogen-bond donors (Lipinski definition) is 3. The van der Waals surface area contributed by atoms with Gasteiger partial charge in [0.05, 0.1) is 0 Å². The van der Waals surface area contributed by atoms with E-state index in [2.05, 4.69) is 4.98 Å². The summed E-state index contributed by atoms with van der Waals surface area (Å²) in [5.41, 5.74) is -1.13. The molecule has 0 radical (unpaired) electrons. The van der Waals surface area contributed by atoms with Gasteiger partial charge in [-0.25, -0.2) is 0 Å². The van der Waals surface area contributed by atoms with Gasteiger partial charge in [0.15, 0.2) is 11.5 Å². The number of aromatic nitrogens is 2. The normalized spacial score (nSPS) is 9.32. The van der Waals surface area contributed by atoms with Crippen LogP contribution in [-0.4, -0.2) is 25.7 Å². The van der Waals surface area contributed by atoms with Crippen molar-refractivity contribution in [3.63, 3.8) is 0 Å². The third-order valence-corrected chi connectivity index (χ3v) is 2.06. The molecule has 100 valence electrons. The summed E-state index contributed by atoms with van der Waals surface area (Å²) in [6.07, 6.45) is 2.77. The Balaban J connectivity index is 0.000000200. The molecular formula is C12H12N2O5. The van der Waals surface area contributed by atoms with Gasteiger partial charge in [-0.2, -0.15) is 0 Å². The number of rotatable bonds is 0. The highest BCUT2D eigenvalue weighted by atomic mass is 16.3. The van der Waals surface area contributed by atoms with Crippen molar-refractivity contribution in [1.82, 2.24) is 9.55 Å². The van der Waals surface area contributed by atoms with Crippen molar-refractivity contribution in [2.75, 3.05) is 0 Å². The third-order valence-electron chi connectivity index (χ3n) is 2.06. The van der Waals surface area contributed by atoms with Crippen LogP contribution in [0.1, 0.15) is 11.7 Å². The predicted octanol–water partition coefficient (Wildman–Crippen LogP) is 0.294. The minimum atomic E-state index is -0.681. The van der Waals surface area contributed by atoms with E-state index in [1.807, 2.05) is 0 Å². The van der Waals surface area contributed by atoms with Gasteiger partial charge < -0.3 is 15.2 Å². The summed E-state index contributed by atoms with van der Waals surface area (Å²) in [5.74, 6) is -1.07. The molecule has 0 spiro atoms. The zero-order valence-electron chi connectivity index (χ0n) is 10.0. The van der Waals surface area contributed by atoms with Crippen LogP contribution in [0.2, 0.25) is 0 Å². The van der Waals surface area contributed by atoms with Gasteiger partial charge in [-0.05, 0) is 24.3 Å². The van der Waals surface area contributed by atoms with Crippen LogP contribution in [0.15, 0.2) is 46.2 Å². The number of H-pyrrole nitrogens is 1. The van der Waals surface area contributed by atoms with Crippen molar-refractivity contribution >= 4 is 5.91 Å². The van der Waals surface area contributed by atoms with Gasteiger partial charge >= 0.3 is 0 Å². The molecule has 0 aliphatic rings. The van der Waals surface area contributed by atoms with Crippen LogP contribution >= 0.6 is 0 Å². The zero-order valence-corrected chi connectivity index (χ0v) is 10.0. The molecule has 2 rings (SSSR count). The van der Waals surface area contributed by atoms with Gasteiger partial charge in [0.1, 0.15) is 0 Å². The second kappa shape index (κ2) is 6.20. The summed E-state index contributed by atoms with van der Waals surface area (Å²) >= 11 is 0. The molecule has 0 aromatic carbocycles. The highest BCUT2D eigenvalue weighted by Gasteiger charge is 2.02. The summed E-state index contributed by atoms with van der Waals surface area (Å²) < 4.78 is 0.843. The van der Waals surface area contributed by atoms with Gasteiger partial charge in [0.2, 0.25) is 5.91 Å². The zero-order chi connectivity index (χ0) is 14.4. The van der Waals surface area contributed by atoms with Crippen molar-refractivity contribution in [2.45, 2.75) is 6.92 Å². The lowest BCUT2D eigenvalue weighted by Crippen LogP contribution is -2.22. The van der Waals surface area contributed by atoms with E-state index in [1.54, 1.807) is 6.07 Å². The van der Waals surface area contributed by atoms with E-state index in [1.165, 1.54) is 37.5 Å². The Morgan fingerprint density at radius 3 is 2.21 bits per heavy atom. The van der Waals surface area contributed by atoms with Crippen molar-refractivity contribution in [3.8, 4) is 11.5 Å². The number of nitrogens with one attached hydrogen (secondary N) is 1. The fraction of sp³-hybridized carbons (Fsp3) is 0.0833. The van der Waals surface area contributed by atoms with E-state index in [-0.39, 0.29) is 5.75 Å².